The Labute approximate surface area is 77.5 Å². The molecular weight excluding hydrogens is 166 g/mol. The zero-order valence-corrected chi connectivity index (χ0v) is 7.64. The molecule has 0 heterocycles. The lowest BCUT2D eigenvalue weighted by Crippen LogP contribution is -1.76. The minimum Gasteiger partial charge on any atom is -0.203 e. The molecule has 0 unspecified atom stereocenters. The van der Waals surface area contributed by atoms with Crippen molar-refractivity contribution in [2.75, 3.05) is 0 Å². The van der Waals surface area contributed by atoms with E-state index >= 15 is 0 Å². The topological polar surface area (TPSA) is 12.4 Å². The lowest BCUT2D eigenvalue weighted by atomic mass is 10.1. The summed E-state index contributed by atoms with van der Waals surface area (Å²) in [5, 5.41) is 2.28. The van der Waals surface area contributed by atoms with Crippen molar-refractivity contribution in [2.24, 2.45) is 4.99 Å². The van der Waals surface area contributed by atoms with Crippen LogP contribution in [0.15, 0.2) is 35.5 Å². The number of benzene rings is 1. The Bertz CT molecular complexity index is 335. The SMILES string of the molecule is Cc1ccccc1/C=C/N=C=S. The van der Waals surface area contributed by atoms with Crippen LogP contribution in [0.4, 0.5) is 0 Å². The molecule has 0 saturated carbocycles. The molecule has 0 saturated heterocycles. The molecule has 1 aromatic carbocycles. The second-order valence-electron chi connectivity index (χ2n) is 2.39. The fourth-order valence-corrected chi connectivity index (χ4v) is 0.983. The van der Waals surface area contributed by atoms with Gasteiger partial charge in [-0.2, -0.15) is 0 Å². The van der Waals surface area contributed by atoms with E-state index in [1.807, 2.05) is 24.3 Å². The predicted octanol–water partition coefficient (Wildman–Crippen LogP) is 3.07. The molecule has 2 heteroatoms. The van der Waals surface area contributed by atoms with Crippen molar-refractivity contribution in [3.63, 3.8) is 0 Å². The van der Waals surface area contributed by atoms with Crippen LogP contribution < -0.4 is 0 Å². The summed E-state index contributed by atoms with van der Waals surface area (Å²) in [7, 11) is 0. The molecule has 0 bridgehead atoms. The zero-order chi connectivity index (χ0) is 8.81. The number of aryl methyl sites for hydroxylation is 1. The summed E-state index contributed by atoms with van der Waals surface area (Å²) in [5.41, 5.74) is 2.39. The summed E-state index contributed by atoms with van der Waals surface area (Å²) in [6.07, 6.45) is 3.56. The molecule has 12 heavy (non-hydrogen) atoms. The van der Waals surface area contributed by atoms with Crippen LogP contribution in [0.2, 0.25) is 0 Å². The molecule has 0 aromatic heterocycles. The summed E-state index contributed by atoms with van der Waals surface area (Å²) in [5.74, 6) is 0. The molecule has 0 radical (unpaired) electrons. The lowest BCUT2D eigenvalue weighted by molar-refractivity contribution is 1.44. The van der Waals surface area contributed by atoms with Crippen molar-refractivity contribution in [3.8, 4) is 0 Å². The fraction of sp³-hybridized carbons (Fsp3) is 0.100. The van der Waals surface area contributed by atoms with Gasteiger partial charge in [-0.3, -0.25) is 0 Å². The first kappa shape index (κ1) is 8.85. The number of thiocarbonyl (C=S) groups is 1. The molecule has 0 atom stereocenters. The van der Waals surface area contributed by atoms with Gasteiger partial charge in [0.1, 0.15) is 0 Å². The number of hydrogen-bond acceptors (Lipinski definition) is 2. The predicted molar refractivity (Wildman–Crippen MR) is 55.2 cm³/mol. The molecule has 1 aromatic rings. The van der Waals surface area contributed by atoms with Crippen molar-refractivity contribution >= 4 is 23.5 Å². The molecular formula is C10H9NS. The summed E-state index contributed by atoms with van der Waals surface area (Å²) >= 11 is 4.43. The minimum atomic E-state index is 1.16. The highest BCUT2D eigenvalue weighted by Crippen LogP contribution is 2.08. The van der Waals surface area contributed by atoms with Gasteiger partial charge < -0.3 is 0 Å². The van der Waals surface area contributed by atoms with Gasteiger partial charge >= 0.3 is 0 Å². The molecule has 0 fully saturated rings. The minimum absolute atomic E-state index is 1.16. The third-order valence-corrected chi connectivity index (χ3v) is 1.68. The molecule has 0 aliphatic heterocycles. The van der Waals surface area contributed by atoms with Crippen molar-refractivity contribution in [1.29, 1.82) is 0 Å². The maximum absolute atomic E-state index is 4.43. The lowest BCUT2D eigenvalue weighted by Gasteiger charge is -1.96. The molecule has 1 rings (SSSR count). The monoisotopic (exact) mass is 175 g/mol. The summed E-state index contributed by atoms with van der Waals surface area (Å²) < 4.78 is 0. The number of nitrogens with zero attached hydrogens (tertiary/aromatic N) is 1. The molecule has 1 nitrogen and oxygen atoms in total. The van der Waals surface area contributed by atoms with E-state index in [9.17, 15) is 0 Å². The quantitative estimate of drug-likeness (QED) is 0.497. The van der Waals surface area contributed by atoms with Crippen LogP contribution in [0.3, 0.4) is 0 Å². The van der Waals surface area contributed by atoms with Crippen LogP contribution in [0.5, 0.6) is 0 Å². The van der Waals surface area contributed by atoms with Gasteiger partial charge in [-0.1, -0.05) is 24.3 Å². The van der Waals surface area contributed by atoms with Gasteiger partial charge in [0.05, 0.1) is 5.16 Å². The van der Waals surface area contributed by atoms with Crippen LogP contribution in [0.1, 0.15) is 11.1 Å². The van der Waals surface area contributed by atoms with Crippen molar-refractivity contribution in [1.82, 2.24) is 0 Å². The summed E-state index contributed by atoms with van der Waals surface area (Å²) in [6, 6.07) is 8.09. The molecule has 60 valence electrons. The smallest absolute Gasteiger partial charge is 0.0634 e. The van der Waals surface area contributed by atoms with Gasteiger partial charge in [0.25, 0.3) is 0 Å². The zero-order valence-electron chi connectivity index (χ0n) is 6.82. The van der Waals surface area contributed by atoms with E-state index in [2.05, 4.69) is 35.4 Å². The Hall–Kier alpha value is -1.24. The standard InChI is InChI=1S/C10H9NS/c1-9-4-2-3-5-10(9)6-7-11-8-12/h2-7H,1H3/b7-6+. The maximum atomic E-state index is 4.43. The third-order valence-electron chi connectivity index (χ3n) is 1.57. The molecule has 0 amide bonds. The second kappa shape index (κ2) is 4.60. The van der Waals surface area contributed by atoms with Gasteiger partial charge in [-0.25, -0.2) is 4.99 Å². The molecule has 0 aliphatic rings. The second-order valence-corrected chi connectivity index (χ2v) is 2.58. The fourth-order valence-electron chi connectivity index (χ4n) is 0.922. The highest BCUT2D eigenvalue weighted by Gasteiger charge is 1.88. The first-order valence-electron chi connectivity index (χ1n) is 3.64. The van der Waals surface area contributed by atoms with E-state index in [-0.39, 0.29) is 0 Å². The highest BCUT2D eigenvalue weighted by atomic mass is 32.1. The van der Waals surface area contributed by atoms with Gasteiger partial charge in [0, 0.05) is 6.20 Å². The van der Waals surface area contributed by atoms with Gasteiger partial charge in [0.2, 0.25) is 0 Å². The van der Waals surface area contributed by atoms with E-state index in [1.165, 1.54) is 5.56 Å². The largest absolute Gasteiger partial charge is 0.203 e. The number of aliphatic imine (C=N–C) groups is 1. The molecule has 0 spiro atoms. The van der Waals surface area contributed by atoms with Gasteiger partial charge in [0.15, 0.2) is 0 Å². The van der Waals surface area contributed by atoms with E-state index in [4.69, 9.17) is 0 Å². The Morgan fingerprint density at radius 3 is 2.83 bits per heavy atom. The van der Waals surface area contributed by atoms with Crippen LogP contribution in [0, 0.1) is 6.92 Å². The highest BCUT2D eigenvalue weighted by molar-refractivity contribution is 7.78. The van der Waals surface area contributed by atoms with E-state index in [0.717, 1.165) is 5.56 Å². The Kier molecular flexibility index (Phi) is 3.39. The molecule has 0 aliphatic carbocycles. The van der Waals surface area contributed by atoms with E-state index in [1.54, 1.807) is 6.20 Å². The van der Waals surface area contributed by atoms with Gasteiger partial charge in [-0.15, -0.1) is 0 Å². The Morgan fingerprint density at radius 2 is 2.17 bits per heavy atom. The average molecular weight is 175 g/mol. The number of rotatable bonds is 2. The normalized spacial score (nSPS) is 9.75. The van der Waals surface area contributed by atoms with E-state index in [0.29, 0.717) is 0 Å². The first-order valence-corrected chi connectivity index (χ1v) is 4.04. The number of hydrogen-bond donors (Lipinski definition) is 0. The maximum Gasteiger partial charge on any atom is 0.0634 e. The first-order chi connectivity index (χ1) is 5.84. The van der Waals surface area contributed by atoms with Crippen LogP contribution >= 0.6 is 12.2 Å². The average Bonchev–Trinajstić information content (AvgIpc) is 2.09. The third kappa shape index (κ3) is 2.42. The summed E-state index contributed by atoms with van der Waals surface area (Å²) in [6.45, 7) is 2.06. The van der Waals surface area contributed by atoms with Crippen LogP contribution in [0.25, 0.3) is 6.08 Å². The Morgan fingerprint density at radius 1 is 1.42 bits per heavy atom. The van der Waals surface area contributed by atoms with Crippen molar-refractivity contribution in [3.05, 3.63) is 41.6 Å². The summed E-state index contributed by atoms with van der Waals surface area (Å²) in [4.78, 5) is 3.69. The number of isothiocyanates is 1. The van der Waals surface area contributed by atoms with E-state index < -0.39 is 0 Å². The van der Waals surface area contributed by atoms with Crippen molar-refractivity contribution < 1.29 is 0 Å². The van der Waals surface area contributed by atoms with Crippen molar-refractivity contribution in [2.45, 2.75) is 6.92 Å². The Balaban J connectivity index is 2.89. The van der Waals surface area contributed by atoms with Gasteiger partial charge in [-0.05, 0) is 36.3 Å². The molecule has 0 N–H and O–H groups in total. The van der Waals surface area contributed by atoms with Crippen LogP contribution in [-0.2, 0) is 0 Å². The van der Waals surface area contributed by atoms with Crippen LogP contribution in [-0.4, -0.2) is 5.16 Å².